The minimum absolute atomic E-state index is 0.210. The molecule has 0 aliphatic rings. The number of amides is 2. The maximum absolute atomic E-state index is 12.2. The standard InChI is InChI=1S/C22H25N3O2/c1-15-7-5-6-8-21(15)24-22(26)23-14-18-13-16(2)25(17(18)3)19-9-11-20(27-4)12-10-19/h5-13H,14H2,1-4H3,(H2,23,24,26). The van der Waals surface area contributed by atoms with Crippen molar-refractivity contribution in [3.05, 3.63) is 77.1 Å². The van der Waals surface area contributed by atoms with Gasteiger partial charge in [0.15, 0.2) is 0 Å². The van der Waals surface area contributed by atoms with E-state index in [1.165, 1.54) is 0 Å². The van der Waals surface area contributed by atoms with Crippen LogP contribution in [0.3, 0.4) is 0 Å². The Labute approximate surface area is 160 Å². The van der Waals surface area contributed by atoms with Crippen molar-refractivity contribution in [1.82, 2.24) is 9.88 Å². The van der Waals surface area contributed by atoms with Gasteiger partial charge in [-0.1, -0.05) is 18.2 Å². The third kappa shape index (κ3) is 4.14. The van der Waals surface area contributed by atoms with Gasteiger partial charge in [0.25, 0.3) is 0 Å². The first kappa shape index (κ1) is 18.6. The molecule has 0 saturated carbocycles. The molecule has 1 heterocycles. The van der Waals surface area contributed by atoms with Crippen LogP contribution in [0.15, 0.2) is 54.6 Å². The van der Waals surface area contributed by atoms with Gasteiger partial charge in [0.2, 0.25) is 0 Å². The Bertz CT molecular complexity index is 943. The van der Waals surface area contributed by atoms with Crippen LogP contribution in [-0.2, 0) is 6.54 Å². The van der Waals surface area contributed by atoms with Crippen molar-refractivity contribution >= 4 is 11.7 Å². The molecule has 0 spiro atoms. The van der Waals surface area contributed by atoms with Crippen molar-refractivity contribution < 1.29 is 9.53 Å². The lowest BCUT2D eigenvalue weighted by molar-refractivity contribution is 0.251. The minimum Gasteiger partial charge on any atom is -0.497 e. The van der Waals surface area contributed by atoms with Crippen molar-refractivity contribution in [3.8, 4) is 11.4 Å². The van der Waals surface area contributed by atoms with E-state index in [0.717, 1.165) is 39.6 Å². The molecule has 27 heavy (non-hydrogen) atoms. The van der Waals surface area contributed by atoms with Gasteiger partial charge in [-0.15, -0.1) is 0 Å². The number of nitrogens with zero attached hydrogens (tertiary/aromatic N) is 1. The molecule has 2 N–H and O–H groups in total. The lowest BCUT2D eigenvalue weighted by atomic mass is 10.2. The number of aryl methyl sites for hydroxylation is 2. The zero-order valence-electron chi connectivity index (χ0n) is 16.2. The zero-order valence-corrected chi connectivity index (χ0v) is 16.2. The normalized spacial score (nSPS) is 10.5. The summed E-state index contributed by atoms with van der Waals surface area (Å²) in [5.41, 5.74) is 6.23. The summed E-state index contributed by atoms with van der Waals surface area (Å²) in [6, 6.07) is 17.6. The number of carbonyl (C=O) groups excluding carboxylic acids is 1. The molecule has 0 aliphatic carbocycles. The predicted molar refractivity (Wildman–Crippen MR) is 109 cm³/mol. The van der Waals surface area contributed by atoms with E-state index in [4.69, 9.17) is 4.74 Å². The van der Waals surface area contributed by atoms with Gasteiger partial charge in [-0.2, -0.15) is 0 Å². The first-order chi connectivity index (χ1) is 13.0. The van der Waals surface area contributed by atoms with Crippen LogP contribution in [0.5, 0.6) is 5.75 Å². The van der Waals surface area contributed by atoms with Crippen molar-refractivity contribution in [1.29, 1.82) is 0 Å². The van der Waals surface area contributed by atoms with Crippen molar-refractivity contribution in [3.63, 3.8) is 0 Å². The van der Waals surface area contributed by atoms with E-state index < -0.39 is 0 Å². The second kappa shape index (κ2) is 7.99. The summed E-state index contributed by atoms with van der Waals surface area (Å²) in [6.07, 6.45) is 0. The SMILES string of the molecule is COc1ccc(-n2c(C)cc(CNC(=O)Nc3ccccc3C)c2C)cc1. The topological polar surface area (TPSA) is 55.3 Å². The molecule has 3 rings (SSSR count). The molecule has 5 nitrogen and oxygen atoms in total. The summed E-state index contributed by atoms with van der Waals surface area (Å²) < 4.78 is 7.41. The van der Waals surface area contributed by atoms with Crippen molar-refractivity contribution in [2.45, 2.75) is 27.3 Å². The number of ether oxygens (including phenoxy) is 1. The molecule has 0 saturated heterocycles. The quantitative estimate of drug-likeness (QED) is 0.688. The Morgan fingerprint density at radius 3 is 2.41 bits per heavy atom. The van der Waals surface area contributed by atoms with Gasteiger partial charge in [-0.05, 0) is 68.3 Å². The average Bonchev–Trinajstić information content (AvgIpc) is 2.95. The van der Waals surface area contributed by atoms with E-state index in [2.05, 4.69) is 35.1 Å². The van der Waals surface area contributed by atoms with Crippen LogP contribution < -0.4 is 15.4 Å². The van der Waals surface area contributed by atoms with Crippen LogP contribution in [0.2, 0.25) is 0 Å². The van der Waals surface area contributed by atoms with E-state index >= 15 is 0 Å². The predicted octanol–water partition coefficient (Wildman–Crippen LogP) is 4.73. The number of urea groups is 1. The van der Waals surface area contributed by atoms with Gasteiger partial charge in [-0.3, -0.25) is 0 Å². The molecule has 2 aromatic carbocycles. The highest BCUT2D eigenvalue weighted by molar-refractivity contribution is 5.90. The summed E-state index contributed by atoms with van der Waals surface area (Å²) >= 11 is 0. The Morgan fingerprint density at radius 2 is 1.74 bits per heavy atom. The fourth-order valence-corrected chi connectivity index (χ4v) is 3.19. The fraction of sp³-hybridized carbons (Fsp3) is 0.227. The summed E-state index contributed by atoms with van der Waals surface area (Å²) in [5.74, 6) is 0.830. The number of carbonyl (C=O) groups is 1. The highest BCUT2D eigenvalue weighted by Gasteiger charge is 2.12. The van der Waals surface area contributed by atoms with Gasteiger partial charge in [-0.25, -0.2) is 4.79 Å². The summed E-state index contributed by atoms with van der Waals surface area (Å²) in [4.78, 5) is 12.2. The first-order valence-corrected chi connectivity index (χ1v) is 8.92. The van der Waals surface area contributed by atoms with Crippen LogP contribution in [0, 0.1) is 20.8 Å². The number of anilines is 1. The molecule has 0 unspecified atom stereocenters. The molecule has 0 radical (unpaired) electrons. The van der Waals surface area contributed by atoms with Crippen LogP contribution in [0.1, 0.15) is 22.5 Å². The van der Waals surface area contributed by atoms with Crippen LogP contribution >= 0.6 is 0 Å². The van der Waals surface area contributed by atoms with Gasteiger partial charge in [0, 0.05) is 29.3 Å². The smallest absolute Gasteiger partial charge is 0.319 e. The number of hydrogen-bond donors (Lipinski definition) is 2. The Hall–Kier alpha value is -3.21. The number of para-hydroxylation sites is 1. The molecular weight excluding hydrogens is 338 g/mol. The monoisotopic (exact) mass is 363 g/mol. The summed E-state index contributed by atoms with van der Waals surface area (Å²) in [6.45, 7) is 6.56. The van der Waals surface area contributed by atoms with E-state index in [-0.39, 0.29) is 6.03 Å². The molecule has 0 aliphatic heterocycles. The molecule has 3 aromatic rings. The van der Waals surface area contributed by atoms with Crippen LogP contribution in [0.4, 0.5) is 10.5 Å². The molecule has 1 aromatic heterocycles. The average molecular weight is 363 g/mol. The number of aromatic nitrogens is 1. The summed E-state index contributed by atoms with van der Waals surface area (Å²) in [5, 5.41) is 5.84. The van der Waals surface area contributed by atoms with Crippen molar-refractivity contribution in [2.24, 2.45) is 0 Å². The molecule has 0 atom stereocenters. The van der Waals surface area contributed by atoms with E-state index in [1.54, 1.807) is 7.11 Å². The molecule has 2 amide bonds. The third-order valence-corrected chi connectivity index (χ3v) is 4.70. The van der Waals surface area contributed by atoms with Gasteiger partial charge in [0.05, 0.1) is 7.11 Å². The van der Waals surface area contributed by atoms with Crippen molar-refractivity contribution in [2.75, 3.05) is 12.4 Å². The maximum Gasteiger partial charge on any atom is 0.319 e. The van der Waals surface area contributed by atoms with E-state index in [9.17, 15) is 4.79 Å². The Kier molecular flexibility index (Phi) is 5.50. The van der Waals surface area contributed by atoms with E-state index in [0.29, 0.717) is 6.54 Å². The van der Waals surface area contributed by atoms with Gasteiger partial charge < -0.3 is 19.9 Å². The minimum atomic E-state index is -0.210. The lowest BCUT2D eigenvalue weighted by Gasteiger charge is -2.12. The summed E-state index contributed by atoms with van der Waals surface area (Å²) in [7, 11) is 1.66. The molecule has 0 bridgehead atoms. The fourth-order valence-electron chi connectivity index (χ4n) is 3.19. The molecule has 140 valence electrons. The number of methoxy groups -OCH3 is 1. The Balaban J connectivity index is 1.71. The maximum atomic E-state index is 12.2. The van der Waals surface area contributed by atoms with Gasteiger partial charge >= 0.3 is 6.03 Å². The highest BCUT2D eigenvalue weighted by Crippen LogP contribution is 2.23. The number of nitrogens with one attached hydrogen (secondary N) is 2. The van der Waals surface area contributed by atoms with Gasteiger partial charge in [0.1, 0.15) is 5.75 Å². The number of hydrogen-bond acceptors (Lipinski definition) is 2. The Morgan fingerprint density at radius 1 is 1.04 bits per heavy atom. The molecule has 5 heteroatoms. The van der Waals surface area contributed by atoms with Crippen LogP contribution in [0.25, 0.3) is 5.69 Å². The zero-order chi connectivity index (χ0) is 19.4. The largest absolute Gasteiger partial charge is 0.497 e. The molecule has 0 fully saturated rings. The number of rotatable bonds is 5. The van der Waals surface area contributed by atoms with E-state index in [1.807, 2.05) is 55.5 Å². The lowest BCUT2D eigenvalue weighted by Crippen LogP contribution is -2.28. The highest BCUT2D eigenvalue weighted by atomic mass is 16.5. The second-order valence-corrected chi connectivity index (χ2v) is 6.55. The number of benzene rings is 2. The second-order valence-electron chi connectivity index (χ2n) is 6.55. The third-order valence-electron chi connectivity index (χ3n) is 4.70. The first-order valence-electron chi connectivity index (χ1n) is 8.92. The van der Waals surface area contributed by atoms with Crippen LogP contribution in [-0.4, -0.2) is 17.7 Å². The molecular formula is C22H25N3O2.